The van der Waals surface area contributed by atoms with Gasteiger partial charge in [0.25, 0.3) is 0 Å². The first-order valence-corrected chi connectivity index (χ1v) is 11.3. The maximum absolute atomic E-state index is 14.0. The minimum absolute atomic E-state index is 0. The van der Waals surface area contributed by atoms with E-state index >= 15 is 0 Å². The quantitative estimate of drug-likeness (QED) is 0.239. The van der Waals surface area contributed by atoms with E-state index in [-0.39, 0.29) is 41.9 Å². The molecule has 0 aliphatic carbocycles. The van der Waals surface area contributed by atoms with E-state index in [9.17, 15) is 22.4 Å². The van der Waals surface area contributed by atoms with Gasteiger partial charge in [-0.05, 0) is 35.2 Å². The highest BCUT2D eigenvalue weighted by Gasteiger charge is 2.43. The molecule has 39 heavy (non-hydrogen) atoms. The predicted octanol–water partition coefficient (Wildman–Crippen LogP) is 5.59. The van der Waals surface area contributed by atoms with Gasteiger partial charge >= 0.3 is 12.1 Å². The minimum atomic E-state index is -4.79. The Kier molecular flexibility index (Phi) is 9.10. The molecule has 12 heteroatoms. The first kappa shape index (κ1) is 29.3. The molecule has 0 radical (unpaired) electrons. The number of anilines is 1. The van der Waals surface area contributed by atoms with Gasteiger partial charge in [0, 0.05) is 17.2 Å². The van der Waals surface area contributed by atoms with Crippen LogP contribution in [0.1, 0.15) is 17.2 Å². The van der Waals surface area contributed by atoms with Crippen LogP contribution in [0.3, 0.4) is 0 Å². The Balaban J connectivity index is 0.00000420. The summed E-state index contributed by atoms with van der Waals surface area (Å²) in [6.45, 7) is 0. The molecule has 2 unspecified atom stereocenters. The van der Waals surface area contributed by atoms with Gasteiger partial charge in [0.05, 0.1) is 5.69 Å². The van der Waals surface area contributed by atoms with Gasteiger partial charge in [-0.3, -0.25) is 4.79 Å². The topological polar surface area (TPSA) is 124 Å². The van der Waals surface area contributed by atoms with Crippen LogP contribution < -0.4 is 16.2 Å². The van der Waals surface area contributed by atoms with E-state index in [0.717, 1.165) is 0 Å². The Morgan fingerprint density at radius 1 is 0.923 bits per heavy atom. The molecule has 0 aliphatic heterocycles. The fraction of sp³-hybridized carbons (Fsp3) is 0.148. The summed E-state index contributed by atoms with van der Waals surface area (Å²) < 4.78 is 60.8. The third kappa shape index (κ3) is 7.43. The second-order valence-corrected chi connectivity index (χ2v) is 8.47. The van der Waals surface area contributed by atoms with Crippen molar-refractivity contribution in [1.29, 1.82) is 0 Å². The van der Waals surface area contributed by atoms with Gasteiger partial charge in [0.2, 0.25) is 17.9 Å². The number of alkyl halides is 3. The number of ether oxygens (including phenoxy) is 1. The molecule has 0 saturated heterocycles. The highest BCUT2D eigenvalue weighted by atomic mass is 35.5. The average molecular weight is 563 g/mol. The lowest BCUT2D eigenvalue weighted by Gasteiger charge is -2.22. The second kappa shape index (κ2) is 12.1. The number of carboxylic acid groups (broad SMARTS) is 1. The molecule has 0 aliphatic rings. The summed E-state index contributed by atoms with van der Waals surface area (Å²) in [5.74, 6) is -2.28. The fourth-order valence-electron chi connectivity index (χ4n) is 3.77. The molecule has 4 rings (SSSR count). The molecule has 2 atom stereocenters. The second-order valence-electron chi connectivity index (χ2n) is 8.47. The van der Waals surface area contributed by atoms with Gasteiger partial charge in [-0.25, -0.2) is 9.37 Å². The summed E-state index contributed by atoms with van der Waals surface area (Å²) in [4.78, 5) is 18.8. The molecular formula is C27H23ClF4N4O3. The SMILES string of the molecule is Cl.Nc1nc(OC(c2ccc(-c3cccc(F)c3)cc2)C(F)(F)F)cc(-c2ccc(CC(N)C(=O)O)cc2)n1. The van der Waals surface area contributed by atoms with Gasteiger partial charge in [-0.15, -0.1) is 12.4 Å². The summed E-state index contributed by atoms with van der Waals surface area (Å²) in [5, 5.41) is 8.96. The number of carbonyl (C=O) groups is 1. The average Bonchev–Trinajstić information content (AvgIpc) is 2.87. The van der Waals surface area contributed by atoms with Gasteiger partial charge in [-0.2, -0.15) is 18.2 Å². The van der Waals surface area contributed by atoms with E-state index in [0.29, 0.717) is 22.3 Å². The number of benzene rings is 3. The summed E-state index contributed by atoms with van der Waals surface area (Å²) in [6, 6.07) is 17.8. The molecule has 0 amide bonds. The highest BCUT2D eigenvalue weighted by molar-refractivity contribution is 5.85. The Labute approximate surface area is 226 Å². The van der Waals surface area contributed by atoms with Crippen LogP contribution in [0.2, 0.25) is 0 Å². The van der Waals surface area contributed by atoms with Gasteiger partial charge in [0.15, 0.2) is 0 Å². The third-order valence-corrected chi connectivity index (χ3v) is 5.65. The molecule has 7 nitrogen and oxygen atoms in total. The van der Waals surface area contributed by atoms with E-state index < -0.39 is 30.1 Å². The molecule has 1 aromatic heterocycles. The molecule has 0 fully saturated rings. The van der Waals surface area contributed by atoms with Crippen molar-refractivity contribution in [2.75, 3.05) is 5.73 Å². The van der Waals surface area contributed by atoms with Crippen LogP contribution in [0, 0.1) is 5.82 Å². The highest BCUT2D eigenvalue weighted by Crippen LogP contribution is 2.38. The number of aromatic nitrogens is 2. The van der Waals surface area contributed by atoms with Crippen LogP contribution in [-0.4, -0.2) is 33.3 Å². The minimum Gasteiger partial charge on any atom is -0.480 e. The van der Waals surface area contributed by atoms with Gasteiger partial charge < -0.3 is 21.3 Å². The molecule has 4 aromatic rings. The summed E-state index contributed by atoms with van der Waals surface area (Å²) in [6.07, 6.45) is -7.04. The number of nitrogen functional groups attached to an aromatic ring is 1. The summed E-state index contributed by atoms with van der Waals surface area (Å²) in [5.41, 5.74) is 13.5. The molecule has 3 aromatic carbocycles. The van der Waals surface area contributed by atoms with Crippen LogP contribution in [-0.2, 0) is 11.2 Å². The van der Waals surface area contributed by atoms with Crippen LogP contribution in [0.4, 0.5) is 23.5 Å². The maximum Gasteiger partial charge on any atom is 0.429 e. The molecule has 5 N–H and O–H groups in total. The number of nitrogens with two attached hydrogens (primary N) is 2. The Morgan fingerprint density at radius 2 is 1.56 bits per heavy atom. The lowest BCUT2D eigenvalue weighted by Crippen LogP contribution is -2.32. The summed E-state index contributed by atoms with van der Waals surface area (Å²) in [7, 11) is 0. The van der Waals surface area contributed by atoms with Crippen molar-refractivity contribution in [2.24, 2.45) is 5.73 Å². The van der Waals surface area contributed by atoms with Crippen molar-refractivity contribution >= 4 is 24.3 Å². The first-order valence-electron chi connectivity index (χ1n) is 11.3. The molecule has 0 bridgehead atoms. The Bertz CT molecular complexity index is 1430. The summed E-state index contributed by atoms with van der Waals surface area (Å²) >= 11 is 0. The van der Waals surface area contributed by atoms with E-state index in [1.54, 1.807) is 30.3 Å². The zero-order valence-corrected chi connectivity index (χ0v) is 20.9. The monoisotopic (exact) mass is 562 g/mol. The first-order chi connectivity index (χ1) is 18.0. The van der Waals surface area contributed by atoms with E-state index in [4.69, 9.17) is 21.3 Å². The number of nitrogens with zero attached hydrogens (tertiary/aromatic N) is 2. The smallest absolute Gasteiger partial charge is 0.429 e. The standard InChI is InChI=1S/C27H22F4N4O3.ClH/c28-20-3-1-2-19(13-20)16-8-10-18(11-9-16)24(27(29,30)31)38-23-14-22(34-26(33)35-23)17-6-4-15(5-7-17)12-21(32)25(36)37;/h1-11,13-14,21,24H,12,32H2,(H,36,37)(H2,33,34,35);1H. The number of hydrogen-bond donors (Lipinski definition) is 3. The molecule has 204 valence electrons. The van der Waals surface area contributed by atoms with Crippen LogP contribution >= 0.6 is 12.4 Å². The number of hydrogen-bond acceptors (Lipinski definition) is 6. The lowest BCUT2D eigenvalue weighted by molar-refractivity contribution is -0.198. The van der Waals surface area contributed by atoms with E-state index in [1.165, 1.54) is 48.5 Å². The van der Waals surface area contributed by atoms with E-state index in [2.05, 4.69) is 9.97 Å². The Morgan fingerprint density at radius 3 is 2.15 bits per heavy atom. The van der Waals surface area contributed by atoms with Crippen molar-refractivity contribution in [2.45, 2.75) is 24.7 Å². The van der Waals surface area contributed by atoms with Crippen molar-refractivity contribution in [1.82, 2.24) is 9.97 Å². The largest absolute Gasteiger partial charge is 0.480 e. The fourth-order valence-corrected chi connectivity index (χ4v) is 3.77. The van der Waals surface area contributed by atoms with Crippen LogP contribution in [0.5, 0.6) is 5.88 Å². The number of aliphatic carboxylic acids is 1. The number of halogens is 5. The van der Waals surface area contributed by atoms with Crippen molar-refractivity contribution in [3.63, 3.8) is 0 Å². The lowest BCUT2D eigenvalue weighted by atomic mass is 10.0. The number of rotatable bonds is 8. The van der Waals surface area contributed by atoms with Crippen LogP contribution in [0.25, 0.3) is 22.4 Å². The van der Waals surface area contributed by atoms with Crippen molar-refractivity contribution < 1.29 is 32.2 Å². The normalized spacial score (nSPS) is 12.7. The zero-order valence-electron chi connectivity index (χ0n) is 20.1. The van der Waals surface area contributed by atoms with Gasteiger partial charge in [-0.1, -0.05) is 60.7 Å². The maximum atomic E-state index is 14.0. The predicted molar refractivity (Wildman–Crippen MR) is 140 cm³/mol. The van der Waals surface area contributed by atoms with Crippen molar-refractivity contribution in [3.8, 4) is 28.3 Å². The molecule has 0 spiro atoms. The third-order valence-electron chi connectivity index (χ3n) is 5.65. The van der Waals surface area contributed by atoms with Gasteiger partial charge in [0.1, 0.15) is 11.9 Å². The number of carboxylic acids is 1. The zero-order chi connectivity index (χ0) is 27.4. The molecular weight excluding hydrogens is 540 g/mol. The van der Waals surface area contributed by atoms with E-state index in [1.807, 2.05) is 0 Å². The van der Waals surface area contributed by atoms with Crippen molar-refractivity contribution in [3.05, 3.63) is 95.8 Å². The molecule has 0 saturated carbocycles. The van der Waals surface area contributed by atoms with Crippen LogP contribution in [0.15, 0.2) is 78.9 Å². The molecule has 1 heterocycles. The Hall–Kier alpha value is -4.22.